The van der Waals surface area contributed by atoms with Crippen molar-refractivity contribution < 1.29 is 19.1 Å². The average molecular weight is 527 g/mol. The molecule has 0 bridgehead atoms. The fourth-order valence-corrected chi connectivity index (χ4v) is 4.50. The minimum absolute atomic E-state index is 0.0978. The van der Waals surface area contributed by atoms with Crippen LogP contribution in [0, 0.1) is 16.7 Å². The SMILES string of the molecule is CC(C)=NC(=O)C1=CCC(CN2CCN(C(=O)c3ccc(NC(=O)NCC4(C#N)CC4)c(Cl)c3)CC2)O1. The molecule has 4 rings (SSSR count). The smallest absolute Gasteiger partial charge is 0.319 e. The summed E-state index contributed by atoms with van der Waals surface area (Å²) in [6.07, 6.45) is 3.93. The Morgan fingerprint density at radius 1 is 1.22 bits per heavy atom. The summed E-state index contributed by atoms with van der Waals surface area (Å²) < 4.78 is 5.78. The first-order valence-corrected chi connectivity index (χ1v) is 12.8. The highest BCUT2D eigenvalue weighted by Gasteiger charge is 2.43. The summed E-state index contributed by atoms with van der Waals surface area (Å²) in [5.41, 5.74) is 1.09. The Labute approximate surface area is 221 Å². The van der Waals surface area contributed by atoms with Gasteiger partial charge in [-0.1, -0.05) is 11.6 Å². The van der Waals surface area contributed by atoms with Gasteiger partial charge in [-0.15, -0.1) is 0 Å². The van der Waals surface area contributed by atoms with Crippen molar-refractivity contribution in [2.24, 2.45) is 10.4 Å². The molecule has 196 valence electrons. The molecule has 1 aromatic carbocycles. The molecule has 1 aliphatic carbocycles. The molecule has 1 saturated carbocycles. The lowest BCUT2D eigenvalue weighted by atomic mass is 10.1. The lowest BCUT2D eigenvalue weighted by Crippen LogP contribution is -2.50. The number of benzene rings is 1. The number of ether oxygens (including phenoxy) is 1. The van der Waals surface area contributed by atoms with Gasteiger partial charge in [-0.25, -0.2) is 9.79 Å². The van der Waals surface area contributed by atoms with Gasteiger partial charge in [0.2, 0.25) is 0 Å². The summed E-state index contributed by atoms with van der Waals surface area (Å²) in [5, 5.41) is 14.8. The number of nitrogens with one attached hydrogen (secondary N) is 2. The Bertz CT molecular complexity index is 1170. The van der Waals surface area contributed by atoms with Gasteiger partial charge in [-0.05, 0) is 51.0 Å². The first kappa shape index (κ1) is 26.6. The van der Waals surface area contributed by atoms with Crippen LogP contribution in [0.1, 0.15) is 43.5 Å². The monoisotopic (exact) mass is 526 g/mol. The van der Waals surface area contributed by atoms with Gasteiger partial charge in [0.1, 0.15) is 6.10 Å². The number of hydrogen-bond acceptors (Lipinski definition) is 6. The molecule has 0 spiro atoms. The van der Waals surface area contributed by atoms with Gasteiger partial charge in [-0.3, -0.25) is 14.5 Å². The van der Waals surface area contributed by atoms with Crippen LogP contribution in [0.3, 0.4) is 0 Å². The highest BCUT2D eigenvalue weighted by molar-refractivity contribution is 6.34. The normalized spacial score (nSPS) is 20.2. The topological polar surface area (TPSA) is 127 Å². The van der Waals surface area contributed by atoms with E-state index in [-0.39, 0.29) is 22.9 Å². The van der Waals surface area contributed by atoms with Crippen molar-refractivity contribution in [3.63, 3.8) is 0 Å². The second-order valence-corrected chi connectivity index (χ2v) is 10.3. The predicted molar refractivity (Wildman–Crippen MR) is 139 cm³/mol. The number of amides is 4. The molecule has 1 saturated heterocycles. The van der Waals surface area contributed by atoms with Crippen molar-refractivity contribution in [3.05, 3.63) is 40.6 Å². The number of carbonyl (C=O) groups excluding carboxylic acids is 3. The Morgan fingerprint density at radius 2 is 1.95 bits per heavy atom. The maximum Gasteiger partial charge on any atom is 0.319 e. The molecular formula is C26H31ClN6O4. The third-order valence-corrected chi connectivity index (χ3v) is 6.97. The quantitative estimate of drug-likeness (QED) is 0.525. The second kappa shape index (κ2) is 11.3. The minimum Gasteiger partial charge on any atom is -0.483 e. The molecule has 11 heteroatoms. The number of hydrogen-bond donors (Lipinski definition) is 2. The molecule has 0 radical (unpaired) electrons. The zero-order valence-corrected chi connectivity index (χ0v) is 21.8. The summed E-state index contributed by atoms with van der Waals surface area (Å²) >= 11 is 6.34. The summed E-state index contributed by atoms with van der Waals surface area (Å²) in [7, 11) is 0. The van der Waals surface area contributed by atoms with Gasteiger partial charge < -0.3 is 20.3 Å². The van der Waals surface area contributed by atoms with Crippen LogP contribution in [0.4, 0.5) is 10.5 Å². The molecule has 0 aromatic heterocycles. The number of anilines is 1. The number of piperazine rings is 1. The number of aliphatic imine (C=N–C) groups is 1. The van der Waals surface area contributed by atoms with Crippen LogP contribution in [-0.2, 0) is 9.53 Å². The van der Waals surface area contributed by atoms with Gasteiger partial charge in [0, 0.05) is 57.0 Å². The van der Waals surface area contributed by atoms with E-state index in [1.807, 2.05) is 0 Å². The molecule has 4 amide bonds. The van der Waals surface area contributed by atoms with Gasteiger partial charge in [-0.2, -0.15) is 5.26 Å². The molecule has 10 nitrogen and oxygen atoms in total. The van der Waals surface area contributed by atoms with Crippen LogP contribution in [0.25, 0.3) is 0 Å². The molecule has 37 heavy (non-hydrogen) atoms. The lowest BCUT2D eigenvalue weighted by molar-refractivity contribution is -0.118. The minimum atomic E-state index is -0.440. The molecule has 1 atom stereocenters. The Morgan fingerprint density at radius 3 is 2.57 bits per heavy atom. The highest BCUT2D eigenvalue weighted by Crippen LogP contribution is 2.44. The number of nitriles is 1. The average Bonchev–Trinajstić information content (AvgIpc) is 3.52. The summed E-state index contributed by atoms with van der Waals surface area (Å²) in [6.45, 7) is 7.02. The van der Waals surface area contributed by atoms with Gasteiger partial charge in [0.05, 0.1) is 22.2 Å². The molecule has 2 N–H and O–H groups in total. The van der Waals surface area contributed by atoms with E-state index < -0.39 is 11.4 Å². The first-order valence-electron chi connectivity index (χ1n) is 12.4. The fourth-order valence-electron chi connectivity index (χ4n) is 4.27. The Hall–Kier alpha value is -3.42. The van der Waals surface area contributed by atoms with Crippen LogP contribution in [0.15, 0.2) is 35.0 Å². The standard InChI is InChI=1S/C26H31ClN6O4/c1-17(2)30-23(34)22-6-4-19(37-22)14-32-9-11-33(12-10-32)24(35)18-3-5-21(20(27)13-18)31-25(36)29-16-26(15-28)7-8-26/h3,5-6,13,19H,4,7-12,14,16H2,1-2H3,(H2,29,31,36). The number of rotatable bonds is 7. The lowest BCUT2D eigenvalue weighted by Gasteiger charge is -2.35. The summed E-state index contributed by atoms with van der Waals surface area (Å²) in [4.78, 5) is 45.2. The maximum absolute atomic E-state index is 13.0. The predicted octanol–water partition coefficient (Wildman–Crippen LogP) is 3.20. The van der Waals surface area contributed by atoms with Gasteiger partial charge in [0.15, 0.2) is 5.76 Å². The third-order valence-electron chi connectivity index (χ3n) is 6.66. The van der Waals surface area contributed by atoms with Crippen LogP contribution in [-0.4, -0.2) is 78.7 Å². The van der Waals surface area contributed by atoms with E-state index in [1.165, 1.54) is 0 Å². The van der Waals surface area contributed by atoms with Crippen LogP contribution in [0.2, 0.25) is 5.02 Å². The maximum atomic E-state index is 13.0. The van der Waals surface area contributed by atoms with Crippen molar-refractivity contribution in [3.8, 4) is 6.07 Å². The Balaban J connectivity index is 1.22. The van der Waals surface area contributed by atoms with E-state index >= 15 is 0 Å². The van der Waals surface area contributed by atoms with Crippen molar-refractivity contribution in [1.82, 2.24) is 15.1 Å². The highest BCUT2D eigenvalue weighted by atomic mass is 35.5. The number of halogens is 1. The van der Waals surface area contributed by atoms with E-state index in [1.54, 1.807) is 43.0 Å². The number of carbonyl (C=O) groups is 3. The molecule has 2 fully saturated rings. The van der Waals surface area contributed by atoms with Crippen molar-refractivity contribution in [1.29, 1.82) is 5.26 Å². The van der Waals surface area contributed by atoms with Crippen LogP contribution in [0.5, 0.6) is 0 Å². The molecule has 2 aliphatic heterocycles. The number of nitrogens with zero attached hydrogens (tertiary/aromatic N) is 4. The van der Waals surface area contributed by atoms with Crippen LogP contribution < -0.4 is 10.6 Å². The molecule has 2 heterocycles. The zero-order chi connectivity index (χ0) is 26.6. The van der Waals surface area contributed by atoms with Crippen molar-refractivity contribution >= 4 is 40.8 Å². The summed E-state index contributed by atoms with van der Waals surface area (Å²) in [5.74, 6) is -0.160. The first-order chi connectivity index (χ1) is 17.7. The van der Waals surface area contributed by atoms with E-state index in [2.05, 4.69) is 26.6 Å². The molecule has 3 aliphatic rings. The largest absolute Gasteiger partial charge is 0.483 e. The fraction of sp³-hybridized carbons (Fsp3) is 0.500. The second-order valence-electron chi connectivity index (χ2n) is 9.90. The van der Waals surface area contributed by atoms with Crippen LogP contribution >= 0.6 is 11.6 Å². The van der Waals surface area contributed by atoms with E-state index in [0.29, 0.717) is 68.4 Å². The zero-order valence-electron chi connectivity index (χ0n) is 21.1. The number of urea groups is 1. The van der Waals surface area contributed by atoms with E-state index in [4.69, 9.17) is 21.6 Å². The van der Waals surface area contributed by atoms with Crippen molar-refractivity contribution in [2.45, 2.75) is 39.2 Å². The van der Waals surface area contributed by atoms with Gasteiger partial charge in [0.25, 0.3) is 5.91 Å². The molecule has 1 unspecified atom stereocenters. The van der Waals surface area contributed by atoms with Crippen molar-refractivity contribution in [2.75, 3.05) is 44.6 Å². The molecule has 1 aromatic rings. The van der Waals surface area contributed by atoms with E-state index in [0.717, 1.165) is 12.8 Å². The molecular weight excluding hydrogens is 496 g/mol. The van der Waals surface area contributed by atoms with E-state index in [9.17, 15) is 14.4 Å². The third kappa shape index (κ3) is 6.87. The van der Waals surface area contributed by atoms with Gasteiger partial charge >= 0.3 is 11.9 Å². The Kier molecular flexibility index (Phi) is 8.15. The summed E-state index contributed by atoms with van der Waals surface area (Å²) in [6, 6.07) is 6.59.